The first-order chi connectivity index (χ1) is 14.0. The van der Waals surface area contributed by atoms with Crippen molar-refractivity contribution in [3.05, 3.63) is 70.2 Å². The van der Waals surface area contributed by atoms with Crippen LogP contribution >= 0.6 is 11.6 Å². The first kappa shape index (κ1) is 19.9. The largest absolute Gasteiger partial charge is 0.396 e. The second-order valence-corrected chi connectivity index (χ2v) is 8.67. The summed E-state index contributed by atoms with van der Waals surface area (Å²) >= 11 is 5.92. The summed E-state index contributed by atoms with van der Waals surface area (Å²) in [6, 6.07) is 17.3. The van der Waals surface area contributed by atoms with Crippen LogP contribution in [0.3, 0.4) is 0 Å². The van der Waals surface area contributed by atoms with E-state index < -0.39 is 0 Å². The lowest BCUT2D eigenvalue weighted by Crippen LogP contribution is -2.39. The third-order valence-corrected chi connectivity index (χ3v) is 6.55. The second kappa shape index (κ2) is 8.16. The van der Waals surface area contributed by atoms with E-state index in [1.165, 1.54) is 0 Å². The van der Waals surface area contributed by atoms with Gasteiger partial charge in [0.25, 0.3) is 0 Å². The van der Waals surface area contributed by atoms with Crippen molar-refractivity contribution >= 4 is 17.5 Å². The molecule has 1 N–H and O–H groups in total. The second-order valence-electron chi connectivity index (χ2n) is 8.23. The molecule has 2 fully saturated rings. The molecule has 2 aliphatic rings. The Kier molecular flexibility index (Phi) is 5.60. The molecule has 2 heterocycles. The van der Waals surface area contributed by atoms with Crippen molar-refractivity contribution < 1.29 is 9.90 Å². The highest BCUT2D eigenvalue weighted by molar-refractivity contribution is 6.30. The van der Waals surface area contributed by atoms with Gasteiger partial charge in [-0.05, 0) is 35.2 Å². The van der Waals surface area contributed by atoms with Gasteiger partial charge in [-0.3, -0.25) is 9.69 Å². The van der Waals surface area contributed by atoms with E-state index in [2.05, 4.69) is 11.0 Å². The zero-order valence-electron chi connectivity index (χ0n) is 16.2. The Morgan fingerprint density at radius 3 is 2.62 bits per heavy atom. The van der Waals surface area contributed by atoms with Crippen LogP contribution in [-0.2, 0) is 17.8 Å². The highest BCUT2D eigenvalue weighted by atomic mass is 35.5. The van der Waals surface area contributed by atoms with Crippen LogP contribution in [0.2, 0.25) is 5.02 Å². The summed E-state index contributed by atoms with van der Waals surface area (Å²) in [4.78, 5) is 17.0. The third-order valence-electron chi connectivity index (χ3n) is 6.30. The summed E-state index contributed by atoms with van der Waals surface area (Å²) < 4.78 is 0. The first-order valence-electron chi connectivity index (χ1n) is 9.86. The molecule has 4 rings (SSSR count). The monoisotopic (exact) mass is 409 g/mol. The van der Waals surface area contributed by atoms with Crippen molar-refractivity contribution in [2.45, 2.75) is 13.0 Å². The van der Waals surface area contributed by atoms with Gasteiger partial charge in [0.2, 0.25) is 5.91 Å². The van der Waals surface area contributed by atoms with E-state index in [9.17, 15) is 15.2 Å². The van der Waals surface area contributed by atoms with E-state index in [-0.39, 0.29) is 23.8 Å². The number of hydrogen-bond acceptors (Lipinski definition) is 4. The molecule has 2 aromatic carbocycles. The maximum Gasteiger partial charge on any atom is 0.227 e. The number of amides is 1. The smallest absolute Gasteiger partial charge is 0.227 e. The molecule has 6 heteroatoms. The molecule has 2 saturated heterocycles. The summed E-state index contributed by atoms with van der Waals surface area (Å²) in [6.07, 6.45) is 0.352. The first-order valence-corrected chi connectivity index (χ1v) is 10.2. The zero-order valence-corrected chi connectivity index (χ0v) is 17.0. The Morgan fingerprint density at radius 1 is 1.17 bits per heavy atom. The predicted octanol–water partition coefficient (Wildman–Crippen LogP) is 2.71. The molecule has 1 amide bonds. The van der Waals surface area contributed by atoms with Gasteiger partial charge in [-0.15, -0.1) is 0 Å². The Hall–Kier alpha value is -2.39. The van der Waals surface area contributed by atoms with Crippen molar-refractivity contribution in [2.75, 3.05) is 32.8 Å². The summed E-state index contributed by atoms with van der Waals surface area (Å²) in [6.45, 7) is 3.57. The number of benzene rings is 2. The molecule has 0 radical (unpaired) electrons. The minimum absolute atomic E-state index is 0.0682. The molecular weight excluding hydrogens is 386 g/mol. The number of carbonyl (C=O) groups is 1. The lowest BCUT2D eigenvalue weighted by molar-refractivity contribution is -0.130. The number of hydrogen-bond donors (Lipinski definition) is 1. The Bertz CT molecular complexity index is 940. The number of fused-ring (bicyclic) bond motifs is 1. The van der Waals surface area contributed by atoms with Gasteiger partial charge in [-0.2, -0.15) is 5.26 Å². The Labute approximate surface area is 176 Å². The van der Waals surface area contributed by atoms with Gasteiger partial charge in [-0.1, -0.05) is 41.9 Å². The fraction of sp³-hybridized carbons (Fsp3) is 0.391. The minimum atomic E-state index is -0.281. The van der Waals surface area contributed by atoms with Gasteiger partial charge in [0.15, 0.2) is 0 Å². The normalized spacial score (nSPS) is 23.8. The van der Waals surface area contributed by atoms with Crippen LogP contribution < -0.4 is 0 Å². The third kappa shape index (κ3) is 4.02. The van der Waals surface area contributed by atoms with Gasteiger partial charge in [0.1, 0.15) is 0 Å². The fourth-order valence-corrected chi connectivity index (χ4v) is 4.85. The minimum Gasteiger partial charge on any atom is -0.396 e. The highest BCUT2D eigenvalue weighted by Crippen LogP contribution is 2.42. The molecule has 0 unspecified atom stereocenters. The van der Waals surface area contributed by atoms with Gasteiger partial charge in [-0.25, -0.2) is 0 Å². The lowest BCUT2D eigenvalue weighted by Gasteiger charge is -2.27. The maximum atomic E-state index is 12.8. The Morgan fingerprint density at radius 2 is 1.93 bits per heavy atom. The predicted molar refractivity (Wildman–Crippen MR) is 111 cm³/mol. The molecule has 0 spiro atoms. The SMILES string of the molecule is N#Cc1ccccc1CN1C[C@H]2CN(C(=O)Cc3ccc(Cl)cc3)C[C@@]2(CO)C1. The molecule has 2 aliphatic heterocycles. The van der Waals surface area contributed by atoms with Crippen LogP contribution in [-0.4, -0.2) is 53.6 Å². The van der Waals surface area contributed by atoms with E-state index in [1.54, 1.807) is 12.1 Å². The molecule has 0 aromatic heterocycles. The van der Waals surface area contributed by atoms with Crippen LogP contribution in [0.1, 0.15) is 16.7 Å². The summed E-state index contributed by atoms with van der Waals surface area (Å²) in [5.41, 5.74) is 2.38. The van der Waals surface area contributed by atoms with Gasteiger partial charge >= 0.3 is 0 Å². The van der Waals surface area contributed by atoms with E-state index in [1.807, 2.05) is 41.3 Å². The molecule has 0 bridgehead atoms. The van der Waals surface area contributed by atoms with Crippen molar-refractivity contribution in [3.8, 4) is 6.07 Å². The van der Waals surface area contributed by atoms with E-state index in [4.69, 9.17) is 11.6 Å². The number of aliphatic hydroxyl groups is 1. The van der Waals surface area contributed by atoms with E-state index in [0.717, 1.165) is 24.2 Å². The zero-order chi connectivity index (χ0) is 20.4. The molecule has 29 heavy (non-hydrogen) atoms. The highest BCUT2D eigenvalue weighted by Gasteiger charge is 2.52. The molecule has 5 nitrogen and oxygen atoms in total. The van der Waals surface area contributed by atoms with Crippen LogP contribution in [0.5, 0.6) is 0 Å². The topological polar surface area (TPSA) is 67.6 Å². The molecule has 0 saturated carbocycles. The quantitative estimate of drug-likeness (QED) is 0.824. The number of aliphatic hydroxyl groups excluding tert-OH is 1. The number of halogens is 1. The van der Waals surface area contributed by atoms with Gasteiger partial charge in [0, 0.05) is 43.2 Å². The number of nitrogens with zero attached hydrogens (tertiary/aromatic N) is 3. The molecule has 150 valence electrons. The number of carbonyl (C=O) groups excluding carboxylic acids is 1. The van der Waals surface area contributed by atoms with Crippen LogP contribution in [0.25, 0.3) is 0 Å². The molecule has 2 atom stereocenters. The van der Waals surface area contributed by atoms with Crippen LogP contribution in [0, 0.1) is 22.7 Å². The van der Waals surface area contributed by atoms with Crippen molar-refractivity contribution in [1.29, 1.82) is 5.26 Å². The number of nitriles is 1. The lowest BCUT2D eigenvalue weighted by atomic mass is 9.82. The van der Waals surface area contributed by atoms with Crippen LogP contribution in [0.4, 0.5) is 0 Å². The summed E-state index contributed by atoms with van der Waals surface area (Å²) in [7, 11) is 0. The summed E-state index contributed by atoms with van der Waals surface area (Å²) in [5, 5.41) is 20.2. The van der Waals surface area contributed by atoms with E-state index in [0.29, 0.717) is 36.6 Å². The molecule has 2 aromatic rings. The van der Waals surface area contributed by atoms with Crippen molar-refractivity contribution in [2.24, 2.45) is 11.3 Å². The molecular formula is C23H24ClN3O2. The maximum absolute atomic E-state index is 12.8. The average Bonchev–Trinajstić information content (AvgIpc) is 3.24. The van der Waals surface area contributed by atoms with Gasteiger partial charge in [0.05, 0.1) is 24.7 Å². The van der Waals surface area contributed by atoms with Crippen molar-refractivity contribution in [1.82, 2.24) is 9.80 Å². The average molecular weight is 410 g/mol. The Balaban J connectivity index is 1.41. The fourth-order valence-electron chi connectivity index (χ4n) is 4.72. The number of likely N-dealkylation sites (tertiary alicyclic amines) is 2. The van der Waals surface area contributed by atoms with Gasteiger partial charge < -0.3 is 10.0 Å². The molecule has 0 aliphatic carbocycles. The van der Waals surface area contributed by atoms with Crippen molar-refractivity contribution in [3.63, 3.8) is 0 Å². The number of rotatable bonds is 5. The van der Waals surface area contributed by atoms with Crippen LogP contribution in [0.15, 0.2) is 48.5 Å². The van der Waals surface area contributed by atoms with E-state index >= 15 is 0 Å². The standard InChI is InChI=1S/C23H24ClN3O2/c24-21-7-5-17(6-8-21)9-22(29)27-13-20-12-26(14-23(20,15-27)16-28)11-19-4-2-1-3-18(19)10-25/h1-8,20,28H,9,11-16H2/t20-,23+/m0/s1. The summed E-state index contributed by atoms with van der Waals surface area (Å²) in [5.74, 6) is 0.340.